The van der Waals surface area contributed by atoms with Crippen molar-refractivity contribution < 1.29 is 13.9 Å². The molecule has 0 saturated heterocycles. The number of benzene rings is 2. The van der Waals surface area contributed by atoms with Gasteiger partial charge in [0, 0.05) is 28.2 Å². The van der Waals surface area contributed by atoms with E-state index in [1.54, 1.807) is 18.2 Å². The number of phenolic OH excluding ortho intramolecular Hbond substituents is 1. The highest BCUT2D eigenvalue weighted by Crippen LogP contribution is 2.38. The third kappa shape index (κ3) is 1.77. The Morgan fingerprint density at radius 1 is 1.06 bits per heavy atom. The Bertz CT molecular complexity index is 625. The van der Waals surface area contributed by atoms with E-state index >= 15 is 0 Å². The first-order valence-electron chi connectivity index (χ1n) is 5.56. The summed E-state index contributed by atoms with van der Waals surface area (Å²) in [4.78, 5) is 0.922. The van der Waals surface area contributed by atoms with E-state index in [2.05, 4.69) is 0 Å². The fourth-order valence-electron chi connectivity index (χ4n) is 2.16. The molecule has 0 aliphatic carbocycles. The number of phenols is 1. The summed E-state index contributed by atoms with van der Waals surface area (Å²) in [6.45, 7) is 0. The Labute approximate surface area is 107 Å². The highest BCUT2D eigenvalue weighted by atomic mass is 32.2. The monoisotopic (exact) mass is 264 g/mol. The van der Waals surface area contributed by atoms with E-state index < -0.39 is 11.6 Å². The number of thioether (sulfide) groups is 1. The van der Waals surface area contributed by atoms with Gasteiger partial charge < -0.3 is 5.11 Å². The van der Waals surface area contributed by atoms with Gasteiger partial charge >= 0.3 is 0 Å². The molecule has 3 rings (SSSR count). The van der Waals surface area contributed by atoms with Crippen LogP contribution in [0.15, 0.2) is 35.2 Å². The molecule has 92 valence electrons. The lowest BCUT2D eigenvalue weighted by Gasteiger charge is -2.08. The Morgan fingerprint density at radius 3 is 2.72 bits per heavy atom. The molecule has 2 aromatic rings. The first kappa shape index (κ1) is 11.5. The number of hydrogen-bond donors (Lipinski definition) is 1. The molecule has 1 aliphatic rings. The molecule has 0 radical (unpaired) electrons. The Balaban J connectivity index is 2.16. The van der Waals surface area contributed by atoms with Crippen molar-refractivity contribution in [3.8, 4) is 5.75 Å². The Hall–Kier alpha value is -1.55. The largest absolute Gasteiger partial charge is 0.508 e. The van der Waals surface area contributed by atoms with Crippen LogP contribution in [0.5, 0.6) is 5.75 Å². The van der Waals surface area contributed by atoms with Crippen molar-refractivity contribution in [1.29, 1.82) is 0 Å². The van der Waals surface area contributed by atoms with Crippen LogP contribution in [-0.2, 0) is 12.2 Å². The second kappa shape index (κ2) is 4.28. The summed E-state index contributed by atoms with van der Waals surface area (Å²) in [5, 5.41) is 9.85. The second-order valence-corrected chi connectivity index (χ2v) is 5.24. The van der Waals surface area contributed by atoms with Crippen molar-refractivity contribution in [3.05, 3.63) is 58.7 Å². The molecule has 0 spiro atoms. The Morgan fingerprint density at radius 2 is 1.89 bits per heavy atom. The number of aromatic hydroxyl groups is 1. The van der Waals surface area contributed by atoms with Crippen LogP contribution in [0.2, 0.25) is 0 Å². The molecule has 1 N–H and O–H groups in total. The Kier molecular flexibility index (Phi) is 2.74. The molecule has 1 nitrogen and oxygen atoms in total. The van der Waals surface area contributed by atoms with Gasteiger partial charge in [-0.15, -0.1) is 11.8 Å². The van der Waals surface area contributed by atoms with Gasteiger partial charge in [-0.2, -0.15) is 0 Å². The number of halogens is 2. The topological polar surface area (TPSA) is 20.2 Å². The SMILES string of the molecule is Oc1cccc2c1Cc1ccc(F)c(F)c1CS2. The third-order valence-electron chi connectivity index (χ3n) is 3.14. The number of fused-ring (bicyclic) bond motifs is 2. The molecule has 0 aromatic heterocycles. The predicted octanol–water partition coefficient (Wildman–Crippen LogP) is 3.87. The summed E-state index contributed by atoms with van der Waals surface area (Å²) in [7, 11) is 0. The highest BCUT2D eigenvalue weighted by Gasteiger charge is 2.20. The maximum atomic E-state index is 13.7. The minimum atomic E-state index is -0.815. The first-order valence-corrected chi connectivity index (χ1v) is 6.55. The predicted molar refractivity (Wildman–Crippen MR) is 66.8 cm³/mol. The van der Waals surface area contributed by atoms with Gasteiger partial charge in [-0.25, -0.2) is 8.78 Å². The lowest BCUT2D eigenvalue weighted by Crippen LogP contribution is -1.98. The molecule has 0 fully saturated rings. The summed E-state index contributed by atoms with van der Waals surface area (Å²) in [6, 6.07) is 8.00. The molecule has 1 aliphatic heterocycles. The molecule has 0 saturated carbocycles. The average Bonchev–Trinajstić information content (AvgIpc) is 2.55. The van der Waals surface area contributed by atoms with Gasteiger partial charge in [0.15, 0.2) is 11.6 Å². The van der Waals surface area contributed by atoms with Gasteiger partial charge in [-0.05, 0) is 23.8 Å². The van der Waals surface area contributed by atoms with Crippen LogP contribution in [0, 0.1) is 11.6 Å². The highest BCUT2D eigenvalue weighted by molar-refractivity contribution is 7.98. The zero-order valence-electron chi connectivity index (χ0n) is 9.41. The van der Waals surface area contributed by atoms with Gasteiger partial charge in [-0.3, -0.25) is 0 Å². The lowest BCUT2D eigenvalue weighted by molar-refractivity contribution is 0.467. The van der Waals surface area contributed by atoms with Crippen LogP contribution in [0.25, 0.3) is 0 Å². The molecule has 0 amide bonds. The molecule has 18 heavy (non-hydrogen) atoms. The maximum absolute atomic E-state index is 13.7. The zero-order valence-corrected chi connectivity index (χ0v) is 10.2. The molecule has 0 atom stereocenters. The molecule has 2 aromatic carbocycles. The van der Waals surface area contributed by atoms with Crippen LogP contribution in [0.4, 0.5) is 8.78 Å². The van der Waals surface area contributed by atoms with Gasteiger partial charge in [0.2, 0.25) is 0 Å². The van der Waals surface area contributed by atoms with E-state index in [-0.39, 0.29) is 5.75 Å². The summed E-state index contributed by atoms with van der Waals surface area (Å²) in [5.74, 6) is -0.996. The molecular formula is C14H10F2OS. The standard InChI is InChI=1S/C14H10F2OS/c15-11-5-4-8-6-9-12(17)2-1-3-13(9)18-7-10(8)14(11)16/h1-5,17H,6-7H2. The number of hydrogen-bond acceptors (Lipinski definition) is 2. The van der Waals surface area contributed by atoms with Gasteiger partial charge in [0.1, 0.15) is 5.75 Å². The van der Waals surface area contributed by atoms with E-state index in [0.29, 0.717) is 17.7 Å². The van der Waals surface area contributed by atoms with Crippen molar-refractivity contribution in [1.82, 2.24) is 0 Å². The summed E-state index contributed by atoms with van der Waals surface area (Å²) >= 11 is 1.42. The van der Waals surface area contributed by atoms with E-state index in [1.165, 1.54) is 11.8 Å². The van der Waals surface area contributed by atoms with Crippen molar-refractivity contribution in [2.75, 3.05) is 0 Å². The van der Waals surface area contributed by atoms with E-state index in [4.69, 9.17) is 0 Å². The molecular weight excluding hydrogens is 254 g/mol. The summed E-state index contributed by atoms with van der Waals surface area (Å²) in [5.41, 5.74) is 1.92. The lowest BCUT2D eigenvalue weighted by atomic mass is 9.99. The van der Waals surface area contributed by atoms with E-state index in [9.17, 15) is 13.9 Å². The molecule has 0 bridgehead atoms. The normalized spacial score (nSPS) is 13.7. The van der Waals surface area contributed by atoms with Crippen LogP contribution in [-0.4, -0.2) is 5.11 Å². The van der Waals surface area contributed by atoms with Crippen molar-refractivity contribution in [2.24, 2.45) is 0 Å². The molecule has 4 heteroatoms. The summed E-state index contributed by atoms with van der Waals surface area (Å²) in [6.07, 6.45) is 0.432. The van der Waals surface area contributed by atoms with E-state index in [0.717, 1.165) is 22.1 Å². The molecule has 0 unspecified atom stereocenters. The molecule has 1 heterocycles. The van der Waals surface area contributed by atoms with Crippen molar-refractivity contribution >= 4 is 11.8 Å². The van der Waals surface area contributed by atoms with E-state index in [1.807, 2.05) is 6.07 Å². The smallest absolute Gasteiger partial charge is 0.163 e. The first-order chi connectivity index (χ1) is 8.66. The van der Waals surface area contributed by atoms with Crippen molar-refractivity contribution in [3.63, 3.8) is 0 Å². The maximum Gasteiger partial charge on any atom is 0.163 e. The second-order valence-electron chi connectivity index (χ2n) is 4.22. The van der Waals surface area contributed by atoms with Crippen LogP contribution >= 0.6 is 11.8 Å². The third-order valence-corrected chi connectivity index (χ3v) is 4.27. The van der Waals surface area contributed by atoms with Crippen LogP contribution in [0.3, 0.4) is 0 Å². The number of rotatable bonds is 0. The quantitative estimate of drug-likeness (QED) is 0.779. The van der Waals surface area contributed by atoms with Gasteiger partial charge in [0.25, 0.3) is 0 Å². The zero-order chi connectivity index (χ0) is 12.7. The fourth-order valence-corrected chi connectivity index (χ4v) is 3.30. The summed E-state index contributed by atoms with van der Waals surface area (Å²) < 4.78 is 27.0. The average molecular weight is 264 g/mol. The van der Waals surface area contributed by atoms with Crippen LogP contribution < -0.4 is 0 Å². The fraction of sp³-hybridized carbons (Fsp3) is 0.143. The minimum Gasteiger partial charge on any atom is -0.508 e. The van der Waals surface area contributed by atoms with Gasteiger partial charge in [0.05, 0.1) is 0 Å². The minimum absolute atomic E-state index is 0.206. The van der Waals surface area contributed by atoms with Crippen molar-refractivity contribution in [2.45, 2.75) is 17.1 Å². The van der Waals surface area contributed by atoms with Crippen LogP contribution in [0.1, 0.15) is 16.7 Å². The van der Waals surface area contributed by atoms with Gasteiger partial charge in [-0.1, -0.05) is 12.1 Å².